The number of hydrogen-bond donors (Lipinski definition) is 2. The third-order valence-electron chi connectivity index (χ3n) is 5.03. The lowest BCUT2D eigenvalue weighted by atomic mass is 9.94. The summed E-state index contributed by atoms with van der Waals surface area (Å²) in [6, 6.07) is 7.55. The molecule has 0 bridgehead atoms. The van der Waals surface area contributed by atoms with Gasteiger partial charge in [0.1, 0.15) is 11.9 Å². The van der Waals surface area contributed by atoms with E-state index in [4.69, 9.17) is 20.9 Å². The molecule has 0 spiro atoms. The molecule has 1 unspecified atom stereocenters. The zero-order valence-electron chi connectivity index (χ0n) is 15.9. The summed E-state index contributed by atoms with van der Waals surface area (Å²) in [5, 5.41) is 0. The molecule has 29 heavy (non-hydrogen) atoms. The lowest BCUT2D eigenvalue weighted by Crippen LogP contribution is -2.30. The van der Waals surface area contributed by atoms with E-state index in [9.17, 15) is 4.79 Å². The number of rotatable bonds is 6. The summed E-state index contributed by atoms with van der Waals surface area (Å²) < 4.78 is 12.2. The topological polar surface area (TPSA) is 126 Å². The molecule has 1 atom stereocenters. The minimum atomic E-state index is -0.706. The first-order valence-electron chi connectivity index (χ1n) is 9.63. The van der Waals surface area contributed by atoms with Gasteiger partial charge in [-0.3, -0.25) is 9.79 Å². The molecular weight excluding hydrogens is 370 g/mol. The molecular formula is C21H23N5O3. The SMILES string of the molecule is NC(=O)c1nc(-c2cccc(OC3CCC(OC4C=CN=C4)CC3)c2)cnc1N. The third kappa shape index (κ3) is 4.60. The van der Waals surface area contributed by atoms with E-state index in [2.05, 4.69) is 15.0 Å². The Labute approximate surface area is 168 Å². The van der Waals surface area contributed by atoms with Crippen LogP contribution >= 0.6 is 0 Å². The van der Waals surface area contributed by atoms with E-state index < -0.39 is 5.91 Å². The number of ether oxygens (including phenoxy) is 2. The second kappa shape index (κ2) is 8.40. The van der Waals surface area contributed by atoms with Crippen molar-refractivity contribution in [1.29, 1.82) is 0 Å². The van der Waals surface area contributed by atoms with Crippen molar-refractivity contribution in [2.45, 2.75) is 44.0 Å². The summed E-state index contributed by atoms with van der Waals surface area (Å²) >= 11 is 0. The molecule has 1 aromatic carbocycles. The van der Waals surface area contributed by atoms with Gasteiger partial charge >= 0.3 is 0 Å². The second-order valence-corrected chi connectivity index (χ2v) is 7.14. The van der Waals surface area contributed by atoms with E-state index >= 15 is 0 Å². The van der Waals surface area contributed by atoms with Gasteiger partial charge < -0.3 is 20.9 Å². The minimum Gasteiger partial charge on any atom is -0.490 e. The van der Waals surface area contributed by atoms with Gasteiger partial charge in [0.2, 0.25) is 0 Å². The first-order chi connectivity index (χ1) is 14.1. The van der Waals surface area contributed by atoms with E-state index in [0.29, 0.717) is 5.69 Å². The van der Waals surface area contributed by atoms with Gasteiger partial charge in [-0.05, 0) is 43.9 Å². The Morgan fingerprint density at radius 3 is 2.66 bits per heavy atom. The Morgan fingerprint density at radius 1 is 1.14 bits per heavy atom. The van der Waals surface area contributed by atoms with Gasteiger partial charge in [0.25, 0.3) is 5.91 Å². The molecule has 150 valence electrons. The van der Waals surface area contributed by atoms with Gasteiger partial charge in [0.15, 0.2) is 11.5 Å². The molecule has 2 aromatic rings. The van der Waals surface area contributed by atoms with Crippen LogP contribution in [-0.4, -0.2) is 40.4 Å². The number of nitrogens with zero attached hydrogens (tertiary/aromatic N) is 3. The Kier molecular flexibility index (Phi) is 5.53. The smallest absolute Gasteiger partial charge is 0.271 e. The van der Waals surface area contributed by atoms with Gasteiger partial charge in [0, 0.05) is 18.0 Å². The number of primary amides is 1. The van der Waals surface area contributed by atoms with Crippen LogP contribution in [0.15, 0.2) is 47.7 Å². The highest BCUT2D eigenvalue weighted by Gasteiger charge is 2.25. The maximum absolute atomic E-state index is 11.5. The van der Waals surface area contributed by atoms with Gasteiger partial charge in [-0.1, -0.05) is 12.1 Å². The maximum Gasteiger partial charge on any atom is 0.271 e. The molecule has 0 radical (unpaired) electrons. The molecule has 1 saturated carbocycles. The van der Waals surface area contributed by atoms with Crippen LogP contribution in [0.25, 0.3) is 11.3 Å². The highest BCUT2D eigenvalue weighted by atomic mass is 16.5. The average Bonchev–Trinajstić information content (AvgIpc) is 3.23. The summed E-state index contributed by atoms with van der Waals surface area (Å²) in [6.07, 6.45) is 11.2. The number of hydrogen-bond acceptors (Lipinski definition) is 7. The van der Waals surface area contributed by atoms with E-state index in [1.54, 1.807) is 6.20 Å². The molecule has 8 heteroatoms. The fraction of sp³-hybridized carbons (Fsp3) is 0.333. The van der Waals surface area contributed by atoms with Crippen LogP contribution in [0.2, 0.25) is 0 Å². The number of carbonyl (C=O) groups excluding carboxylic acids is 1. The van der Waals surface area contributed by atoms with Crippen LogP contribution in [0.5, 0.6) is 5.75 Å². The van der Waals surface area contributed by atoms with Crippen molar-refractivity contribution in [2.75, 3.05) is 5.73 Å². The molecule has 2 heterocycles. The molecule has 1 amide bonds. The van der Waals surface area contributed by atoms with Gasteiger partial charge in [0.05, 0.1) is 24.1 Å². The monoisotopic (exact) mass is 393 g/mol. The van der Waals surface area contributed by atoms with Crippen molar-refractivity contribution < 1.29 is 14.3 Å². The Balaban J connectivity index is 1.38. The Bertz CT molecular complexity index is 939. The zero-order valence-corrected chi connectivity index (χ0v) is 15.9. The van der Waals surface area contributed by atoms with E-state index in [1.165, 1.54) is 6.20 Å². The number of benzene rings is 1. The number of nitrogen functional groups attached to an aromatic ring is 1. The number of amides is 1. The largest absolute Gasteiger partial charge is 0.490 e. The third-order valence-corrected chi connectivity index (χ3v) is 5.03. The Morgan fingerprint density at radius 2 is 1.93 bits per heavy atom. The second-order valence-electron chi connectivity index (χ2n) is 7.14. The predicted octanol–water partition coefficient (Wildman–Crippen LogP) is 2.50. The highest BCUT2D eigenvalue weighted by molar-refractivity contribution is 5.95. The first kappa shape index (κ1) is 19.1. The maximum atomic E-state index is 11.5. The lowest BCUT2D eigenvalue weighted by Gasteiger charge is -2.30. The fourth-order valence-electron chi connectivity index (χ4n) is 3.55. The molecule has 1 aliphatic carbocycles. The summed E-state index contributed by atoms with van der Waals surface area (Å²) in [5.41, 5.74) is 12.2. The van der Waals surface area contributed by atoms with Crippen LogP contribution in [0.3, 0.4) is 0 Å². The van der Waals surface area contributed by atoms with Crippen LogP contribution in [-0.2, 0) is 4.74 Å². The summed E-state index contributed by atoms with van der Waals surface area (Å²) in [7, 11) is 0. The number of aliphatic imine (C=N–C) groups is 1. The number of nitrogens with two attached hydrogens (primary N) is 2. The van der Waals surface area contributed by atoms with E-state index in [-0.39, 0.29) is 29.8 Å². The standard InChI is InChI=1S/C21H23N5O3/c22-20-19(21(23)27)26-18(12-25-20)13-2-1-3-16(10-13)28-14-4-6-15(7-5-14)29-17-8-9-24-11-17/h1-3,8-12,14-15,17H,4-7H2,(H2,22,25)(H2,23,27). The normalized spacial score (nSPS) is 23.2. The summed E-state index contributed by atoms with van der Waals surface area (Å²) in [6.45, 7) is 0. The molecule has 4 rings (SSSR count). The molecule has 1 aromatic heterocycles. The molecule has 1 fully saturated rings. The number of aromatic nitrogens is 2. The number of anilines is 1. The van der Waals surface area contributed by atoms with Crippen molar-refractivity contribution in [3.63, 3.8) is 0 Å². The van der Waals surface area contributed by atoms with Crippen molar-refractivity contribution >= 4 is 17.9 Å². The van der Waals surface area contributed by atoms with Crippen molar-refractivity contribution in [1.82, 2.24) is 9.97 Å². The molecule has 8 nitrogen and oxygen atoms in total. The van der Waals surface area contributed by atoms with Gasteiger partial charge in [-0.2, -0.15) is 0 Å². The Hall–Kier alpha value is -3.26. The molecule has 0 saturated heterocycles. The zero-order chi connectivity index (χ0) is 20.2. The predicted molar refractivity (Wildman–Crippen MR) is 110 cm³/mol. The van der Waals surface area contributed by atoms with Crippen molar-refractivity contribution in [3.05, 3.63) is 48.4 Å². The van der Waals surface area contributed by atoms with E-state index in [1.807, 2.05) is 36.6 Å². The minimum absolute atomic E-state index is 0.000428. The van der Waals surface area contributed by atoms with Crippen LogP contribution in [0, 0.1) is 0 Å². The van der Waals surface area contributed by atoms with Crippen LogP contribution in [0.4, 0.5) is 5.82 Å². The van der Waals surface area contributed by atoms with E-state index in [0.717, 1.165) is 37.0 Å². The highest BCUT2D eigenvalue weighted by Crippen LogP contribution is 2.29. The fourth-order valence-corrected chi connectivity index (χ4v) is 3.55. The van der Waals surface area contributed by atoms with Crippen LogP contribution < -0.4 is 16.2 Å². The molecule has 4 N–H and O–H groups in total. The van der Waals surface area contributed by atoms with Crippen molar-refractivity contribution in [2.24, 2.45) is 10.7 Å². The first-order valence-corrected chi connectivity index (χ1v) is 9.63. The number of carbonyl (C=O) groups is 1. The van der Waals surface area contributed by atoms with Gasteiger partial charge in [-0.25, -0.2) is 9.97 Å². The average molecular weight is 393 g/mol. The summed E-state index contributed by atoms with van der Waals surface area (Å²) in [4.78, 5) is 23.8. The molecule has 1 aliphatic heterocycles. The quantitative estimate of drug-likeness (QED) is 0.776. The van der Waals surface area contributed by atoms with Crippen LogP contribution in [0.1, 0.15) is 36.2 Å². The summed E-state index contributed by atoms with van der Waals surface area (Å²) in [5.74, 6) is 0.0616. The van der Waals surface area contributed by atoms with Gasteiger partial charge in [-0.15, -0.1) is 0 Å². The van der Waals surface area contributed by atoms with Crippen molar-refractivity contribution in [3.8, 4) is 17.0 Å². The lowest BCUT2D eigenvalue weighted by molar-refractivity contribution is -0.000692. The molecule has 2 aliphatic rings.